The minimum Gasteiger partial charge on any atom is -0.508 e. The highest BCUT2D eigenvalue weighted by atomic mass is 16.5. The molecule has 2 aromatic heterocycles. The summed E-state index contributed by atoms with van der Waals surface area (Å²) >= 11 is 0. The first-order valence-electron chi connectivity index (χ1n) is 11.1. The van der Waals surface area contributed by atoms with Gasteiger partial charge >= 0.3 is 5.97 Å². The molecule has 0 unspecified atom stereocenters. The molecule has 2 heterocycles. The van der Waals surface area contributed by atoms with E-state index in [0.717, 1.165) is 11.4 Å². The first-order valence-corrected chi connectivity index (χ1v) is 11.1. The van der Waals surface area contributed by atoms with Gasteiger partial charge in [-0.2, -0.15) is 0 Å². The standard InChI is InChI=1S/C27H27N3O5/c1-16-11-12-20(14-23(16)31)27(34)35-15-24(32)22-13-17(2)29(18(22)3)25-19(4)28(5)30(26(25)33)21-9-7-6-8-10-21/h6-14,31H,15H2,1-5H3. The summed E-state index contributed by atoms with van der Waals surface area (Å²) in [6.07, 6.45) is 0. The topological polar surface area (TPSA) is 95.5 Å². The lowest BCUT2D eigenvalue weighted by molar-refractivity contribution is 0.0474. The second-order valence-corrected chi connectivity index (χ2v) is 8.53. The van der Waals surface area contributed by atoms with Gasteiger partial charge in [0.1, 0.15) is 11.4 Å². The Morgan fingerprint density at radius 2 is 1.63 bits per heavy atom. The highest BCUT2D eigenvalue weighted by Gasteiger charge is 2.24. The summed E-state index contributed by atoms with van der Waals surface area (Å²) in [6, 6.07) is 15.5. The van der Waals surface area contributed by atoms with Crippen LogP contribution in [-0.2, 0) is 11.8 Å². The Morgan fingerprint density at radius 1 is 0.943 bits per heavy atom. The molecule has 2 aromatic carbocycles. The number of esters is 1. The Bertz CT molecular complexity index is 1510. The summed E-state index contributed by atoms with van der Waals surface area (Å²) in [7, 11) is 1.82. The van der Waals surface area contributed by atoms with Crippen LogP contribution in [0.5, 0.6) is 5.75 Å². The number of carbonyl (C=O) groups excluding carboxylic acids is 2. The van der Waals surface area contributed by atoms with Crippen molar-refractivity contribution in [1.29, 1.82) is 0 Å². The third kappa shape index (κ3) is 4.19. The van der Waals surface area contributed by atoms with Crippen LogP contribution in [0.3, 0.4) is 0 Å². The fourth-order valence-corrected chi connectivity index (χ4v) is 4.23. The van der Waals surface area contributed by atoms with E-state index in [1.54, 1.807) is 39.9 Å². The molecule has 0 amide bonds. The SMILES string of the molecule is Cc1ccc(C(=O)OCC(=O)c2cc(C)n(-c3c(C)n(C)n(-c4ccccc4)c3=O)c2C)cc1O. The van der Waals surface area contributed by atoms with Gasteiger partial charge in [0.2, 0.25) is 5.78 Å². The molecule has 0 radical (unpaired) electrons. The number of hydrogen-bond donors (Lipinski definition) is 1. The third-order valence-corrected chi connectivity index (χ3v) is 6.26. The molecule has 180 valence electrons. The molecule has 4 rings (SSSR count). The van der Waals surface area contributed by atoms with Crippen LogP contribution in [0.25, 0.3) is 11.4 Å². The van der Waals surface area contributed by atoms with E-state index < -0.39 is 12.6 Å². The zero-order valence-electron chi connectivity index (χ0n) is 20.3. The number of phenolic OH excluding ortho intramolecular Hbond substituents is 1. The number of carbonyl (C=O) groups is 2. The molecule has 0 saturated carbocycles. The maximum atomic E-state index is 13.5. The van der Waals surface area contributed by atoms with Crippen molar-refractivity contribution in [2.45, 2.75) is 27.7 Å². The lowest BCUT2D eigenvalue weighted by Crippen LogP contribution is -2.22. The fraction of sp³-hybridized carbons (Fsp3) is 0.222. The molecule has 0 spiro atoms. The molecule has 1 N–H and O–H groups in total. The molecule has 0 fully saturated rings. The summed E-state index contributed by atoms with van der Waals surface area (Å²) in [4.78, 5) is 38.8. The highest BCUT2D eigenvalue weighted by molar-refractivity contribution is 6.00. The van der Waals surface area contributed by atoms with E-state index in [4.69, 9.17) is 4.74 Å². The van der Waals surface area contributed by atoms with Crippen molar-refractivity contribution >= 4 is 11.8 Å². The van der Waals surface area contributed by atoms with Gasteiger partial charge in [-0.15, -0.1) is 0 Å². The van der Waals surface area contributed by atoms with Gasteiger partial charge in [0, 0.05) is 24.0 Å². The van der Waals surface area contributed by atoms with Gasteiger partial charge in [-0.3, -0.25) is 14.3 Å². The fourth-order valence-electron chi connectivity index (χ4n) is 4.23. The van der Waals surface area contributed by atoms with Gasteiger partial charge in [0.25, 0.3) is 5.56 Å². The lowest BCUT2D eigenvalue weighted by Gasteiger charge is -2.09. The summed E-state index contributed by atoms with van der Waals surface area (Å²) in [5, 5.41) is 9.81. The van der Waals surface area contributed by atoms with Crippen LogP contribution in [0, 0.1) is 27.7 Å². The Hall–Kier alpha value is -4.33. The van der Waals surface area contributed by atoms with E-state index in [2.05, 4.69) is 0 Å². The van der Waals surface area contributed by atoms with Crippen LogP contribution in [0.4, 0.5) is 0 Å². The number of Topliss-reactive ketones (excluding diaryl/α,β-unsaturated/α-hetero) is 1. The first-order chi connectivity index (χ1) is 16.6. The van der Waals surface area contributed by atoms with E-state index >= 15 is 0 Å². The first kappa shape index (κ1) is 23.8. The van der Waals surface area contributed by atoms with E-state index in [9.17, 15) is 19.5 Å². The number of aryl methyl sites for hydroxylation is 2. The second-order valence-electron chi connectivity index (χ2n) is 8.53. The third-order valence-electron chi connectivity index (χ3n) is 6.26. The van der Waals surface area contributed by atoms with E-state index in [1.807, 2.05) is 51.2 Å². The van der Waals surface area contributed by atoms with E-state index in [-0.39, 0.29) is 22.7 Å². The highest BCUT2D eigenvalue weighted by Crippen LogP contribution is 2.23. The maximum absolute atomic E-state index is 13.5. The largest absolute Gasteiger partial charge is 0.508 e. The minimum absolute atomic E-state index is 0.0197. The van der Waals surface area contributed by atoms with Gasteiger partial charge in [-0.1, -0.05) is 24.3 Å². The predicted molar refractivity (Wildman–Crippen MR) is 132 cm³/mol. The van der Waals surface area contributed by atoms with Crippen LogP contribution in [0.1, 0.15) is 43.4 Å². The van der Waals surface area contributed by atoms with Crippen molar-refractivity contribution in [2.24, 2.45) is 7.05 Å². The van der Waals surface area contributed by atoms with Gasteiger partial charge in [-0.05, 0) is 63.6 Å². The molecule has 0 aliphatic heterocycles. The van der Waals surface area contributed by atoms with Crippen molar-refractivity contribution in [3.63, 3.8) is 0 Å². The molecule has 0 atom stereocenters. The normalized spacial score (nSPS) is 11.0. The monoisotopic (exact) mass is 473 g/mol. The van der Waals surface area contributed by atoms with Crippen molar-refractivity contribution in [3.05, 3.63) is 98.7 Å². The van der Waals surface area contributed by atoms with Gasteiger partial charge in [-0.25, -0.2) is 9.48 Å². The smallest absolute Gasteiger partial charge is 0.338 e. The van der Waals surface area contributed by atoms with Gasteiger partial charge in [0.05, 0.1) is 16.9 Å². The lowest BCUT2D eigenvalue weighted by atomic mass is 10.1. The molecule has 0 aliphatic carbocycles. The zero-order chi connectivity index (χ0) is 25.4. The molecule has 8 heteroatoms. The zero-order valence-corrected chi connectivity index (χ0v) is 20.3. The van der Waals surface area contributed by atoms with E-state index in [1.165, 1.54) is 12.1 Å². The number of aromatic hydroxyl groups is 1. The van der Waals surface area contributed by atoms with Crippen LogP contribution < -0.4 is 5.56 Å². The van der Waals surface area contributed by atoms with Crippen molar-refractivity contribution in [3.8, 4) is 17.1 Å². The van der Waals surface area contributed by atoms with Crippen molar-refractivity contribution < 1.29 is 19.4 Å². The molecule has 0 saturated heterocycles. The number of nitrogens with zero attached hydrogens (tertiary/aromatic N) is 3. The molecular formula is C27H27N3O5. The van der Waals surface area contributed by atoms with Crippen molar-refractivity contribution in [2.75, 3.05) is 6.61 Å². The summed E-state index contributed by atoms with van der Waals surface area (Å²) in [5.41, 5.74) is 4.19. The number of aromatic nitrogens is 3. The van der Waals surface area contributed by atoms with Gasteiger partial charge < -0.3 is 14.4 Å². The molecule has 0 aliphatic rings. The van der Waals surface area contributed by atoms with Crippen LogP contribution in [0.15, 0.2) is 59.4 Å². The maximum Gasteiger partial charge on any atom is 0.338 e. The molecular weight excluding hydrogens is 446 g/mol. The van der Waals surface area contributed by atoms with Crippen molar-refractivity contribution in [1.82, 2.24) is 13.9 Å². The van der Waals surface area contributed by atoms with Crippen LogP contribution in [-0.4, -0.2) is 37.4 Å². The molecule has 4 aromatic rings. The van der Waals surface area contributed by atoms with E-state index in [0.29, 0.717) is 28.2 Å². The summed E-state index contributed by atoms with van der Waals surface area (Å²) in [5.74, 6) is -1.10. The number of phenols is 1. The Labute approximate surface area is 202 Å². The quantitative estimate of drug-likeness (QED) is 0.338. The number of ketones is 1. The molecule has 0 bridgehead atoms. The number of para-hydroxylation sites is 1. The molecule has 35 heavy (non-hydrogen) atoms. The Kier molecular flexibility index (Phi) is 6.22. The molecule has 8 nitrogen and oxygen atoms in total. The number of ether oxygens (including phenoxy) is 1. The predicted octanol–water partition coefficient (Wildman–Crippen LogP) is 3.95. The number of hydrogen-bond acceptors (Lipinski definition) is 5. The summed E-state index contributed by atoms with van der Waals surface area (Å²) in [6.45, 7) is 6.70. The number of benzene rings is 2. The van der Waals surface area contributed by atoms with Gasteiger partial charge in [0.15, 0.2) is 6.61 Å². The average Bonchev–Trinajstić information content (AvgIpc) is 3.25. The number of rotatable bonds is 6. The Morgan fingerprint density at radius 3 is 2.29 bits per heavy atom. The van der Waals surface area contributed by atoms with Crippen LogP contribution in [0.2, 0.25) is 0 Å². The minimum atomic E-state index is -0.702. The van der Waals surface area contributed by atoms with Crippen LogP contribution >= 0.6 is 0 Å². The summed E-state index contributed by atoms with van der Waals surface area (Å²) < 4.78 is 10.3. The second kappa shape index (κ2) is 9.13. The average molecular weight is 474 g/mol. The Balaban J connectivity index is 1.64.